The van der Waals surface area contributed by atoms with E-state index in [0.29, 0.717) is 0 Å². The number of aliphatic hydroxyl groups excluding tert-OH is 1. The number of benzene rings is 1. The average molecular weight is 234 g/mol. The van der Waals surface area contributed by atoms with Crippen LogP contribution in [0.5, 0.6) is 0 Å². The summed E-state index contributed by atoms with van der Waals surface area (Å²) in [6, 6.07) is 10.3. The van der Waals surface area contributed by atoms with Crippen LogP contribution in [-0.4, -0.2) is 61.3 Å². The van der Waals surface area contributed by atoms with Gasteiger partial charge in [-0.05, 0) is 12.6 Å². The third-order valence-electron chi connectivity index (χ3n) is 3.57. The number of hydrogen-bond donors (Lipinski definition) is 1. The van der Waals surface area contributed by atoms with Crippen LogP contribution in [-0.2, 0) is 0 Å². The van der Waals surface area contributed by atoms with Crippen LogP contribution >= 0.6 is 0 Å². The Morgan fingerprint density at radius 1 is 1.12 bits per heavy atom. The van der Waals surface area contributed by atoms with Crippen molar-refractivity contribution >= 4 is 0 Å². The highest BCUT2D eigenvalue weighted by Crippen LogP contribution is 2.17. The molecule has 94 valence electrons. The van der Waals surface area contributed by atoms with Crippen LogP contribution in [0.1, 0.15) is 11.5 Å². The molecule has 17 heavy (non-hydrogen) atoms. The Bertz CT molecular complexity index is 320. The van der Waals surface area contributed by atoms with Crippen molar-refractivity contribution in [3.8, 4) is 0 Å². The third-order valence-corrected chi connectivity index (χ3v) is 3.57. The SMILES string of the molecule is CN1CCN(CC(CO)c2ccccc2)CC1. The average Bonchev–Trinajstić information content (AvgIpc) is 2.39. The summed E-state index contributed by atoms with van der Waals surface area (Å²) in [6.45, 7) is 5.68. The Labute approximate surface area is 104 Å². The van der Waals surface area contributed by atoms with Crippen LogP contribution in [0.15, 0.2) is 30.3 Å². The maximum Gasteiger partial charge on any atom is 0.0512 e. The van der Waals surface area contributed by atoms with Gasteiger partial charge >= 0.3 is 0 Å². The van der Waals surface area contributed by atoms with Crippen molar-refractivity contribution in [2.45, 2.75) is 5.92 Å². The number of rotatable bonds is 4. The summed E-state index contributed by atoms with van der Waals surface area (Å²) in [4.78, 5) is 4.81. The first-order chi connectivity index (χ1) is 8.29. The molecule has 1 heterocycles. The normalized spacial score (nSPS) is 20.4. The molecule has 3 nitrogen and oxygen atoms in total. The van der Waals surface area contributed by atoms with Crippen molar-refractivity contribution < 1.29 is 5.11 Å². The van der Waals surface area contributed by atoms with Crippen molar-refractivity contribution in [3.63, 3.8) is 0 Å². The minimum absolute atomic E-state index is 0.232. The van der Waals surface area contributed by atoms with E-state index in [0.717, 1.165) is 32.7 Å². The quantitative estimate of drug-likeness (QED) is 0.842. The largest absolute Gasteiger partial charge is 0.396 e. The second-order valence-corrected chi connectivity index (χ2v) is 4.89. The van der Waals surface area contributed by atoms with Gasteiger partial charge in [-0.2, -0.15) is 0 Å². The minimum Gasteiger partial charge on any atom is -0.396 e. The van der Waals surface area contributed by atoms with Crippen LogP contribution in [0.3, 0.4) is 0 Å². The predicted molar refractivity (Wildman–Crippen MR) is 70.2 cm³/mol. The fourth-order valence-electron chi connectivity index (χ4n) is 2.34. The first kappa shape index (κ1) is 12.6. The molecule has 1 saturated heterocycles. The van der Waals surface area contributed by atoms with Crippen molar-refractivity contribution in [3.05, 3.63) is 35.9 Å². The summed E-state index contributed by atoms with van der Waals surface area (Å²) in [5.41, 5.74) is 1.24. The zero-order valence-electron chi connectivity index (χ0n) is 10.5. The van der Waals surface area contributed by atoms with E-state index in [-0.39, 0.29) is 12.5 Å². The van der Waals surface area contributed by atoms with Crippen molar-refractivity contribution in [1.29, 1.82) is 0 Å². The topological polar surface area (TPSA) is 26.7 Å². The molecule has 1 aromatic rings. The van der Waals surface area contributed by atoms with Gasteiger partial charge in [0.05, 0.1) is 6.61 Å². The monoisotopic (exact) mass is 234 g/mol. The molecule has 1 aromatic carbocycles. The van der Waals surface area contributed by atoms with Crippen molar-refractivity contribution in [1.82, 2.24) is 9.80 Å². The van der Waals surface area contributed by atoms with Crippen molar-refractivity contribution in [2.24, 2.45) is 0 Å². The van der Waals surface area contributed by atoms with Crippen LogP contribution in [0.4, 0.5) is 0 Å². The van der Waals surface area contributed by atoms with Crippen molar-refractivity contribution in [2.75, 3.05) is 46.4 Å². The van der Waals surface area contributed by atoms with Gasteiger partial charge in [0, 0.05) is 38.6 Å². The molecule has 2 rings (SSSR count). The number of hydrogen-bond acceptors (Lipinski definition) is 3. The zero-order chi connectivity index (χ0) is 12.1. The number of aliphatic hydroxyl groups is 1. The number of likely N-dealkylation sites (N-methyl/N-ethyl adjacent to an activating group) is 1. The highest BCUT2D eigenvalue weighted by Gasteiger charge is 2.18. The lowest BCUT2D eigenvalue weighted by Crippen LogP contribution is -2.46. The molecular weight excluding hydrogens is 212 g/mol. The van der Waals surface area contributed by atoms with Gasteiger partial charge in [-0.25, -0.2) is 0 Å². The lowest BCUT2D eigenvalue weighted by molar-refractivity contribution is 0.133. The highest BCUT2D eigenvalue weighted by atomic mass is 16.3. The molecule has 0 radical (unpaired) electrons. The summed E-state index contributed by atoms with van der Waals surface area (Å²) >= 11 is 0. The van der Waals surface area contributed by atoms with E-state index in [4.69, 9.17) is 0 Å². The lowest BCUT2D eigenvalue weighted by Gasteiger charge is -2.34. The fourth-order valence-corrected chi connectivity index (χ4v) is 2.34. The Morgan fingerprint density at radius 3 is 2.35 bits per heavy atom. The summed E-state index contributed by atoms with van der Waals surface area (Å²) in [5, 5.41) is 9.53. The van der Waals surface area contributed by atoms with Crippen LogP contribution < -0.4 is 0 Å². The molecule has 0 amide bonds. The van der Waals surface area contributed by atoms with Gasteiger partial charge < -0.3 is 14.9 Å². The van der Waals surface area contributed by atoms with E-state index in [1.807, 2.05) is 18.2 Å². The molecule has 1 aliphatic heterocycles. The Hall–Kier alpha value is -0.900. The molecule has 0 aliphatic carbocycles. The molecule has 1 atom stereocenters. The van der Waals surface area contributed by atoms with Gasteiger partial charge in [-0.1, -0.05) is 30.3 Å². The third kappa shape index (κ3) is 3.53. The molecule has 1 aliphatic rings. The van der Waals surface area contributed by atoms with E-state index >= 15 is 0 Å². The highest BCUT2D eigenvalue weighted by molar-refractivity contribution is 5.20. The molecule has 0 saturated carbocycles. The second-order valence-electron chi connectivity index (χ2n) is 4.89. The van der Waals surface area contributed by atoms with Gasteiger partial charge in [-0.3, -0.25) is 0 Å². The lowest BCUT2D eigenvalue weighted by atomic mass is 9.99. The summed E-state index contributed by atoms with van der Waals surface area (Å²) < 4.78 is 0. The van der Waals surface area contributed by atoms with Crippen LogP contribution in [0.2, 0.25) is 0 Å². The molecule has 0 spiro atoms. The molecular formula is C14H22N2O. The molecule has 1 N–H and O–H groups in total. The minimum atomic E-state index is 0.232. The standard InChI is InChI=1S/C14H22N2O/c1-15-7-9-16(10-8-15)11-14(12-17)13-5-3-2-4-6-13/h2-6,14,17H,7-12H2,1H3. The Kier molecular flexibility index (Phi) is 4.54. The van der Waals surface area contributed by atoms with E-state index in [2.05, 4.69) is 29.0 Å². The fraction of sp³-hybridized carbons (Fsp3) is 0.571. The van der Waals surface area contributed by atoms with Gasteiger partial charge in [-0.15, -0.1) is 0 Å². The maximum atomic E-state index is 9.53. The molecule has 0 aromatic heterocycles. The second kappa shape index (κ2) is 6.15. The first-order valence-corrected chi connectivity index (χ1v) is 6.36. The smallest absolute Gasteiger partial charge is 0.0512 e. The van der Waals surface area contributed by atoms with Gasteiger partial charge in [0.1, 0.15) is 0 Å². The number of nitrogens with zero attached hydrogens (tertiary/aromatic N) is 2. The van der Waals surface area contributed by atoms with Crippen LogP contribution in [0.25, 0.3) is 0 Å². The first-order valence-electron chi connectivity index (χ1n) is 6.36. The molecule has 1 unspecified atom stereocenters. The zero-order valence-corrected chi connectivity index (χ0v) is 10.5. The molecule has 0 bridgehead atoms. The van der Waals surface area contributed by atoms with E-state index in [9.17, 15) is 5.11 Å². The summed E-state index contributed by atoms with van der Waals surface area (Å²) in [7, 11) is 2.16. The summed E-state index contributed by atoms with van der Waals surface area (Å²) in [5.74, 6) is 0.250. The van der Waals surface area contributed by atoms with Gasteiger partial charge in [0.2, 0.25) is 0 Å². The van der Waals surface area contributed by atoms with Gasteiger partial charge in [0.25, 0.3) is 0 Å². The van der Waals surface area contributed by atoms with E-state index < -0.39 is 0 Å². The predicted octanol–water partition coefficient (Wildman–Crippen LogP) is 1.01. The molecule has 1 fully saturated rings. The number of piperazine rings is 1. The Morgan fingerprint density at radius 2 is 1.76 bits per heavy atom. The molecule has 3 heteroatoms. The summed E-state index contributed by atoms with van der Waals surface area (Å²) in [6.07, 6.45) is 0. The maximum absolute atomic E-state index is 9.53. The van der Waals surface area contributed by atoms with E-state index in [1.165, 1.54) is 5.56 Å². The van der Waals surface area contributed by atoms with Crippen LogP contribution in [0, 0.1) is 0 Å². The Balaban J connectivity index is 1.92. The van der Waals surface area contributed by atoms with E-state index in [1.54, 1.807) is 0 Å². The van der Waals surface area contributed by atoms with Gasteiger partial charge in [0.15, 0.2) is 0 Å².